The smallest absolute Gasteiger partial charge is 0.251 e. The first-order valence-corrected chi connectivity index (χ1v) is 4.99. The largest absolute Gasteiger partial charge is 0.314 e. The monoisotopic (exact) mass is 190 g/mol. The fourth-order valence-electron chi connectivity index (χ4n) is 2.48. The maximum atomic E-state index is 12.1. The number of likely N-dealkylation sites (tertiary alicyclic amines) is 1. The summed E-state index contributed by atoms with van der Waals surface area (Å²) in [5.74, 6) is 0.618. The van der Waals surface area contributed by atoms with Gasteiger partial charge in [-0.25, -0.2) is 8.78 Å². The summed E-state index contributed by atoms with van der Waals surface area (Å²) in [6, 6.07) is 0.605. The highest BCUT2D eigenvalue weighted by atomic mass is 19.3. The lowest BCUT2D eigenvalue weighted by Gasteiger charge is -2.34. The van der Waals surface area contributed by atoms with Crippen molar-refractivity contribution in [3.05, 3.63) is 0 Å². The Kier molecular flexibility index (Phi) is 2.79. The first kappa shape index (κ1) is 9.34. The molecule has 0 spiro atoms. The molecule has 4 heteroatoms. The maximum absolute atomic E-state index is 12.1. The van der Waals surface area contributed by atoms with Gasteiger partial charge in [-0.1, -0.05) is 0 Å². The highest BCUT2D eigenvalue weighted by molar-refractivity contribution is 4.90. The van der Waals surface area contributed by atoms with E-state index in [1.165, 1.54) is 0 Å². The molecule has 2 aliphatic rings. The van der Waals surface area contributed by atoms with Gasteiger partial charge in [0.05, 0.1) is 6.54 Å². The quantitative estimate of drug-likeness (QED) is 0.697. The summed E-state index contributed by atoms with van der Waals surface area (Å²) in [5, 5.41) is 3.42. The fraction of sp³-hybridized carbons (Fsp3) is 1.00. The van der Waals surface area contributed by atoms with Gasteiger partial charge in [0, 0.05) is 12.6 Å². The minimum Gasteiger partial charge on any atom is -0.314 e. The van der Waals surface area contributed by atoms with Crippen LogP contribution in [0.4, 0.5) is 8.78 Å². The molecular formula is C9H16F2N2. The van der Waals surface area contributed by atoms with Gasteiger partial charge in [0.2, 0.25) is 0 Å². The van der Waals surface area contributed by atoms with Crippen LogP contribution < -0.4 is 5.32 Å². The first-order chi connectivity index (χ1) is 6.25. The number of nitrogens with one attached hydrogen (secondary N) is 1. The van der Waals surface area contributed by atoms with Gasteiger partial charge in [0.15, 0.2) is 0 Å². The van der Waals surface area contributed by atoms with Crippen molar-refractivity contribution in [2.45, 2.75) is 25.3 Å². The van der Waals surface area contributed by atoms with Crippen molar-refractivity contribution in [3.63, 3.8) is 0 Å². The molecule has 2 aliphatic heterocycles. The second-order valence-corrected chi connectivity index (χ2v) is 4.05. The van der Waals surface area contributed by atoms with E-state index in [-0.39, 0.29) is 6.54 Å². The predicted molar refractivity (Wildman–Crippen MR) is 47.0 cm³/mol. The summed E-state index contributed by atoms with van der Waals surface area (Å²) in [5.41, 5.74) is 0. The highest BCUT2D eigenvalue weighted by Gasteiger charge is 2.32. The summed E-state index contributed by atoms with van der Waals surface area (Å²) in [7, 11) is 0. The van der Waals surface area contributed by atoms with E-state index in [0.717, 1.165) is 32.5 Å². The van der Waals surface area contributed by atoms with E-state index >= 15 is 0 Å². The van der Waals surface area contributed by atoms with Crippen molar-refractivity contribution in [1.82, 2.24) is 10.2 Å². The predicted octanol–water partition coefficient (Wildman–Crippen LogP) is 0.935. The molecule has 2 atom stereocenters. The third-order valence-corrected chi connectivity index (χ3v) is 3.14. The van der Waals surface area contributed by atoms with Crippen LogP contribution in [0, 0.1) is 5.92 Å². The number of hydrogen-bond acceptors (Lipinski definition) is 2. The Morgan fingerprint density at radius 3 is 3.00 bits per heavy atom. The van der Waals surface area contributed by atoms with Crippen molar-refractivity contribution in [3.8, 4) is 0 Å². The Bertz CT molecular complexity index is 175. The molecule has 0 aliphatic carbocycles. The second kappa shape index (κ2) is 3.88. The molecule has 13 heavy (non-hydrogen) atoms. The summed E-state index contributed by atoms with van der Waals surface area (Å²) >= 11 is 0. The average Bonchev–Trinajstić information content (AvgIpc) is 2.49. The number of fused-ring (bicyclic) bond motifs is 1. The van der Waals surface area contributed by atoms with Crippen LogP contribution in [0.1, 0.15) is 12.8 Å². The Morgan fingerprint density at radius 2 is 2.23 bits per heavy atom. The normalized spacial score (nSPS) is 35.3. The molecule has 0 radical (unpaired) electrons. The Hall–Kier alpha value is -0.220. The van der Waals surface area contributed by atoms with Gasteiger partial charge in [-0.2, -0.15) is 0 Å². The summed E-state index contributed by atoms with van der Waals surface area (Å²) in [6.45, 7) is 2.72. The Morgan fingerprint density at radius 1 is 1.38 bits per heavy atom. The summed E-state index contributed by atoms with van der Waals surface area (Å²) < 4.78 is 24.2. The molecule has 0 aromatic heterocycles. The van der Waals surface area contributed by atoms with Crippen LogP contribution in [-0.4, -0.2) is 43.5 Å². The van der Waals surface area contributed by atoms with Gasteiger partial charge < -0.3 is 5.32 Å². The zero-order valence-corrected chi connectivity index (χ0v) is 7.68. The van der Waals surface area contributed by atoms with Gasteiger partial charge in [0.1, 0.15) is 0 Å². The van der Waals surface area contributed by atoms with Gasteiger partial charge in [0.25, 0.3) is 6.43 Å². The van der Waals surface area contributed by atoms with Crippen molar-refractivity contribution in [2.75, 3.05) is 26.2 Å². The van der Waals surface area contributed by atoms with Crippen molar-refractivity contribution in [1.29, 1.82) is 0 Å². The maximum Gasteiger partial charge on any atom is 0.251 e. The number of hydrogen-bond donors (Lipinski definition) is 1. The molecule has 2 fully saturated rings. The number of nitrogens with zero attached hydrogens (tertiary/aromatic N) is 1. The average molecular weight is 190 g/mol. The van der Waals surface area contributed by atoms with Gasteiger partial charge in [-0.3, -0.25) is 4.90 Å². The highest BCUT2D eigenvalue weighted by Crippen LogP contribution is 2.24. The second-order valence-electron chi connectivity index (χ2n) is 4.05. The standard InChI is InChI=1S/C9H16F2N2/c10-9(11)6-13-4-2-8-7(5-13)1-3-12-8/h7-9,12H,1-6H2. The van der Waals surface area contributed by atoms with Crippen LogP contribution in [0.15, 0.2) is 0 Å². The van der Waals surface area contributed by atoms with Crippen LogP contribution in [0.5, 0.6) is 0 Å². The summed E-state index contributed by atoms with van der Waals surface area (Å²) in [4.78, 5) is 1.90. The van der Waals surface area contributed by atoms with E-state index in [1.807, 2.05) is 4.90 Å². The lowest BCUT2D eigenvalue weighted by atomic mass is 9.93. The van der Waals surface area contributed by atoms with E-state index in [2.05, 4.69) is 5.32 Å². The number of piperidine rings is 1. The molecule has 0 aromatic carbocycles. The van der Waals surface area contributed by atoms with Crippen LogP contribution >= 0.6 is 0 Å². The van der Waals surface area contributed by atoms with E-state index in [4.69, 9.17) is 0 Å². The Balaban J connectivity index is 1.83. The van der Waals surface area contributed by atoms with Crippen LogP contribution in [0.25, 0.3) is 0 Å². The molecule has 2 rings (SSSR count). The topological polar surface area (TPSA) is 15.3 Å². The van der Waals surface area contributed by atoms with E-state index in [1.54, 1.807) is 0 Å². The van der Waals surface area contributed by atoms with E-state index in [0.29, 0.717) is 12.0 Å². The molecular weight excluding hydrogens is 174 g/mol. The van der Waals surface area contributed by atoms with Crippen LogP contribution in [-0.2, 0) is 0 Å². The van der Waals surface area contributed by atoms with Crippen molar-refractivity contribution >= 4 is 0 Å². The van der Waals surface area contributed by atoms with Crippen LogP contribution in [0.2, 0.25) is 0 Å². The lowest BCUT2D eigenvalue weighted by molar-refractivity contribution is 0.0618. The SMILES string of the molecule is FC(F)CN1CCC2NCCC2C1. The molecule has 0 bridgehead atoms. The van der Waals surface area contributed by atoms with Crippen LogP contribution in [0.3, 0.4) is 0 Å². The molecule has 2 nitrogen and oxygen atoms in total. The van der Waals surface area contributed by atoms with E-state index in [9.17, 15) is 8.78 Å². The molecule has 1 N–H and O–H groups in total. The minimum absolute atomic E-state index is 0.0385. The molecule has 2 saturated heterocycles. The first-order valence-electron chi connectivity index (χ1n) is 4.99. The number of alkyl halides is 2. The zero-order chi connectivity index (χ0) is 9.26. The third kappa shape index (κ3) is 2.17. The Labute approximate surface area is 77.3 Å². The zero-order valence-electron chi connectivity index (χ0n) is 7.68. The van der Waals surface area contributed by atoms with Crippen molar-refractivity contribution < 1.29 is 8.78 Å². The fourth-order valence-corrected chi connectivity index (χ4v) is 2.48. The minimum atomic E-state index is -2.18. The lowest BCUT2D eigenvalue weighted by Crippen LogP contribution is -2.45. The van der Waals surface area contributed by atoms with E-state index < -0.39 is 6.43 Å². The molecule has 0 aromatic rings. The molecule has 2 heterocycles. The van der Waals surface area contributed by atoms with Gasteiger partial charge in [-0.15, -0.1) is 0 Å². The third-order valence-electron chi connectivity index (χ3n) is 3.14. The van der Waals surface area contributed by atoms with Crippen molar-refractivity contribution in [2.24, 2.45) is 5.92 Å². The molecule has 0 saturated carbocycles. The molecule has 76 valence electrons. The number of halogens is 2. The summed E-state index contributed by atoms with van der Waals surface area (Å²) in [6.07, 6.45) is 0.0211. The molecule has 0 amide bonds. The van der Waals surface area contributed by atoms with Gasteiger partial charge in [-0.05, 0) is 31.8 Å². The molecule has 2 unspecified atom stereocenters. The van der Waals surface area contributed by atoms with Gasteiger partial charge >= 0.3 is 0 Å². The number of rotatable bonds is 2.